The monoisotopic (exact) mass is 592 g/mol. The van der Waals surface area contributed by atoms with Crippen LogP contribution in [0, 0.1) is 6.92 Å². The van der Waals surface area contributed by atoms with Crippen molar-refractivity contribution in [2.45, 2.75) is 50.9 Å². The van der Waals surface area contributed by atoms with Crippen LogP contribution in [0.25, 0.3) is 5.82 Å². The van der Waals surface area contributed by atoms with Crippen LogP contribution in [-0.4, -0.2) is 50.7 Å². The minimum Gasteiger partial charge on any atom is -0.492 e. The van der Waals surface area contributed by atoms with Gasteiger partial charge in [0.05, 0.1) is 5.56 Å². The molecule has 0 bridgehead atoms. The second-order valence-corrected chi connectivity index (χ2v) is 10.8. The van der Waals surface area contributed by atoms with E-state index in [-0.39, 0.29) is 24.0 Å². The smallest absolute Gasteiger partial charge is 0.416 e. The van der Waals surface area contributed by atoms with Crippen molar-refractivity contribution in [1.29, 1.82) is 0 Å². The van der Waals surface area contributed by atoms with Crippen LogP contribution in [0.3, 0.4) is 0 Å². The third-order valence-electron chi connectivity index (χ3n) is 7.32. The maximum atomic E-state index is 13.7. The Morgan fingerprint density at radius 3 is 2.72 bits per heavy atom. The number of ether oxygens (including phenoxy) is 1. The van der Waals surface area contributed by atoms with Crippen LogP contribution < -0.4 is 26.0 Å². The van der Waals surface area contributed by atoms with Crippen molar-refractivity contribution in [3.8, 4) is 11.6 Å². The van der Waals surface area contributed by atoms with Crippen molar-refractivity contribution in [3.05, 3.63) is 77.9 Å². The highest BCUT2D eigenvalue weighted by Gasteiger charge is 2.32. The van der Waals surface area contributed by atoms with E-state index in [1.54, 1.807) is 35.2 Å². The average Bonchev–Trinajstić information content (AvgIpc) is 3.42. The van der Waals surface area contributed by atoms with Gasteiger partial charge >= 0.3 is 6.18 Å². The molecule has 1 aliphatic carbocycles. The molecule has 6 rings (SSSR count). The fourth-order valence-electron chi connectivity index (χ4n) is 4.81. The predicted molar refractivity (Wildman–Crippen MR) is 156 cm³/mol. The molecule has 2 aromatic carbocycles. The standard InChI is InChI=1S/C30H31F3N8O2/c1-18-4-5-22(14-25(18)40-29-35-9-10-41(29)27-15-26(36-17-37-27)38-21-6-7-21)39-28(42)19-11-20(30(31,32)33)13-24(12-19)43-16-23-3-2-8-34-23/h4-5,9-15,17,21,23,34H,2-3,6-8,16H2,1H3,(H,35,40)(H,39,42)(H,36,37,38)/t23-/m0/s1. The summed E-state index contributed by atoms with van der Waals surface area (Å²) in [6, 6.07) is 10.6. The van der Waals surface area contributed by atoms with Gasteiger partial charge in [0.2, 0.25) is 5.95 Å². The lowest BCUT2D eigenvalue weighted by atomic mass is 10.1. The summed E-state index contributed by atoms with van der Waals surface area (Å²) in [7, 11) is 0. The van der Waals surface area contributed by atoms with Gasteiger partial charge in [-0.25, -0.2) is 15.0 Å². The lowest BCUT2D eigenvalue weighted by molar-refractivity contribution is -0.137. The van der Waals surface area contributed by atoms with E-state index in [1.165, 1.54) is 12.4 Å². The van der Waals surface area contributed by atoms with Gasteiger partial charge in [0, 0.05) is 47.5 Å². The second-order valence-electron chi connectivity index (χ2n) is 10.8. The first-order valence-electron chi connectivity index (χ1n) is 14.1. The van der Waals surface area contributed by atoms with Crippen LogP contribution in [0.4, 0.5) is 36.3 Å². The third kappa shape index (κ3) is 7.05. The first kappa shape index (κ1) is 28.5. The number of benzene rings is 2. The molecule has 1 aliphatic heterocycles. The molecule has 1 saturated heterocycles. The first-order chi connectivity index (χ1) is 20.7. The number of hydrogen-bond acceptors (Lipinski definition) is 8. The molecule has 224 valence electrons. The van der Waals surface area contributed by atoms with Crippen molar-refractivity contribution >= 4 is 29.0 Å². The van der Waals surface area contributed by atoms with Gasteiger partial charge in [0.15, 0.2) is 0 Å². The number of halogens is 3. The topological polar surface area (TPSA) is 118 Å². The zero-order valence-corrected chi connectivity index (χ0v) is 23.4. The van der Waals surface area contributed by atoms with Crippen LogP contribution in [-0.2, 0) is 6.18 Å². The zero-order valence-electron chi connectivity index (χ0n) is 23.4. The Balaban J connectivity index is 1.19. The molecular formula is C30H31F3N8O2. The van der Waals surface area contributed by atoms with Crippen molar-refractivity contribution in [2.24, 2.45) is 0 Å². The quantitative estimate of drug-likeness (QED) is 0.186. The van der Waals surface area contributed by atoms with E-state index in [1.807, 2.05) is 13.0 Å². The molecule has 1 amide bonds. The number of carbonyl (C=O) groups excluding carboxylic acids is 1. The molecule has 1 saturated carbocycles. The van der Waals surface area contributed by atoms with Crippen molar-refractivity contribution in [2.75, 3.05) is 29.1 Å². The summed E-state index contributed by atoms with van der Waals surface area (Å²) < 4.78 is 48.4. The maximum Gasteiger partial charge on any atom is 0.416 e. The van der Waals surface area contributed by atoms with E-state index in [2.05, 4.69) is 36.2 Å². The van der Waals surface area contributed by atoms with E-state index in [0.717, 1.165) is 55.7 Å². The Bertz CT molecular complexity index is 1610. The first-order valence-corrected chi connectivity index (χ1v) is 14.1. The summed E-state index contributed by atoms with van der Waals surface area (Å²) >= 11 is 0. The van der Waals surface area contributed by atoms with Crippen LogP contribution in [0.15, 0.2) is 61.2 Å². The number of nitrogens with one attached hydrogen (secondary N) is 4. The number of aryl methyl sites for hydroxylation is 1. The predicted octanol–water partition coefficient (Wildman–Crippen LogP) is 5.69. The highest BCUT2D eigenvalue weighted by atomic mass is 19.4. The lowest BCUT2D eigenvalue weighted by Gasteiger charge is -2.16. The molecule has 2 aromatic heterocycles. The highest BCUT2D eigenvalue weighted by molar-refractivity contribution is 6.05. The largest absolute Gasteiger partial charge is 0.492 e. The van der Waals surface area contributed by atoms with Gasteiger partial charge in [-0.1, -0.05) is 6.07 Å². The van der Waals surface area contributed by atoms with Crippen molar-refractivity contribution < 1.29 is 22.7 Å². The molecule has 4 N–H and O–H groups in total. The van der Waals surface area contributed by atoms with Crippen LogP contribution in [0.2, 0.25) is 0 Å². The second kappa shape index (κ2) is 11.9. The fraction of sp³-hybridized carbons (Fsp3) is 0.333. The SMILES string of the molecule is Cc1ccc(NC(=O)c2cc(OC[C@@H]3CCCN3)cc(C(F)(F)F)c2)cc1Nc1nccn1-c1cc(NC2CC2)ncn1. The zero-order chi connectivity index (χ0) is 30.0. The minimum atomic E-state index is -4.64. The minimum absolute atomic E-state index is 0.00742. The molecule has 0 radical (unpaired) electrons. The number of anilines is 4. The number of amides is 1. The Kier molecular flexibility index (Phi) is 7.89. The number of rotatable bonds is 10. The maximum absolute atomic E-state index is 13.7. The Morgan fingerprint density at radius 2 is 1.95 bits per heavy atom. The third-order valence-corrected chi connectivity index (χ3v) is 7.32. The van der Waals surface area contributed by atoms with Crippen LogP contribution in [0.1, 0.15) is 47.2 Å². The number of nitrogens with zero attached hydrogens (tertiary/aromatic N) is 4. The number of imidazole rings is 1. The normalized spacial score (nSPS) is 16.6. The van der Waals surface area contributed by atoms with Gasteiger partial charge in [0.1, 0.15) is 30.3 Å². The molecule has 43 heavy (non-hydrogen) atoms. The Labute approximate surface area is 246 Å². The van der Waals surface area contributed by atoms with E-state index in [9.17, 15) is 18.0 Å². The number of hydrogen-bond donors (Lipinski definition) is 4. The number of aromatic nitrogens is 4. The molecule has 0 spiro atoms. The summed E-state index contributed by atoms with van der Waals surface area (Å²) in [5.74, 6) is 1.13. The Hall–Kier alpha value is -4.65. The van der Waals surface area contributed by atoms with Crippen molar-refractivity contribution in [3.63, 3.8) is 0 Å². The van der Waals surface area contributed by atoms with E-state index in [0.29, 0.717) is 29.2 Å². The molecule has 2 fully saturated rings. The lowest BCUT2D eigenvalue weighted by Crippen LogP contribution is -2.28. The summed E-state index contributed by atoms with van der Waals surface area (Å²) in [6.07, 6.45) is 4.35. The van der Waals surface area contributed by atoms with Crippen LogP contribution >= 0.6 is 0 Å². The van der Waals surface area contributed by atoms with Gasteiger partial charge in [-0.3, -0.25) is 9.36 Å². The van der Waals surface area contributed by atoms with Gasteiger partial charge in [-0.05, 0) is 75.0 Å². The van der Waals surface area contributed by atoms with E-state index in [4.69, 9.17) is 4.74 Å². The van der Waals surface area contributed by atoms with E-state index >= 15 is 0 Å². The number of alkyl halides is 3. The molecular weight excluding hydrogens is 561 g/mol. The highest BCUT2D eigenvalue weighted by Crippen LogP contribution is 2.33. The van der Waals surface area contributed by atoms with E-state index < -0.39 is 17.6 Å². The van der Waals surface area contributed by atoms with Gasteiger partial charge in [-0.15, -0.1) is 0 Å². The molecule has 3 heterocycles. The summed E-state index contributed by atoms with van der Waals surface area (Å²) in [5, 5.41) is 12.6. The van der Waals surface area contributed by atoms with Crippen LogP contribution in [0.5, 0.6) is 5.75 Å². The van der Waals surface area contributed by atoms with Gasteiger partial charge in [-0.2, -0.15) is 13.2 Å². The molecule has 0 unspecified atom stereocenters. The molecule has 2 aliphatic rings. The molecule has 1 atom stereocenters. The molecule has 4 aromatic rings. The summed E-state index contributed by atoms with van der Waals surface area (Å²) in [5.41, 5.74) is 0.792. The summed E-state index contributed by atoms with van der Waals surface area (Å²) in [4.78, 5) is 26.2. The molecule has 13 heteroatoms. The van der Waals surface area contributed by atoms with Gasteiger partial charge in [0.25, 0.3) is 5.91 Å². The Morgan fingerprint density at radius 1 is 1.09 bits per heavy atom. The fourth-order valence-corrected chi connectivity index (χ4v) is 4.81. The average molecular weight is 593 g/mol. The van der Waals surface area contributed by atoms with Gasteiger partial charge < -0.3 is 26.0 Å². The molecule has 10 nitrogen and oxygen atoms in total. The summed E-state index contributed by atoms with van der Waals surface area (Å²) in [6.45, 7) is 2.96. The van der Waals surface area contributed by atoms with Crippen molar-refractivity contribution in [1.82, 2.24) is 24.8 Å². The number of carbonyl (C=O) groups is 1.